The minimum Gasteiger partial charge on any atom is -0.289 e. The quantitative estimate of drug-likeness (QED) is 0.774. The van der Waals surface area contributed by atoms with E-state index in [1.165, 1.54) is 6.20 Å². The van der Waals surface area contributed by atoms with Crippen LogP contribution in [0.4, 0.5) is 13.2 Å². The van der Waals surface area contributed by atoms with Gasteiger partial charge in [0.05, 0.1) is 5.56 Å². The summed E-state index contributed by atoms with van der Waals surface area (Å²) in [6.07, 6.45) is -1.40. The molecule has 0 amide bonds. The zero-order valence-corrected chi connectivity index (χ0v) is 11.4. The van der Waals surface area contributed by atoms with Gasteiger partial charge in [-0.25, -0.2) is 4.98 Å². The van der Waals surface area contributed by atoms with E-state index >= 15 is 0 Å². The van der Waals surface area contributed by atoms with Crippen LogP contribution in [0.15, 0.2) is 12.3 Å². The van der Waals surface area contributed by atoms with Gasteiger partial charge in [-0.15, -0.1) is 0 Å². The maximum absolute atomic E-state index is 13.1. The van der Waals surface area contributed by atoms with Crippen molar-refractivity contribution >= 4 is 34.1 Å². The van der Waals surface area contributed by atoms with Gasteiger partial charge in [0, 0.05) is 6.20 Å². The maximum Gasteiger partial charge on any atom is 0.419 e. The summed E-state index contributed by atoms with van der Waals surface area (Å²) in [7, 11) is 0. The molecule has 0 saturated heterocycles. The van der Waals surface area contributed by atoms with Crippen molar-refractivity contribution in [2.75, 3.05) is 0 Å². The van der Waals surface area contributed by atoms with Crippen molar-refractivity contribution in [3.63, 3.8) is 0 Å². The van der Waals surface area contributed by atoms with Crippen LogP contribution in [0.25, 0.3) is 5.65 Å². The molecule has 1 aliphatic carbocycles. The fourth-order valence-corrected chi connectivity index (χ4v) is 2.55. The van der Waals surface area contributed by atoms with E-state index < -0.39 is 22.6 Å². The van der Waals surface area contributed by atoms with Crippen molar-refractivity contribution in [2.24, 2.45) is 0 Å². The van der Waals surface area contributed by atoms with Gasteiger partial charge in [-0.3, -0.25) is 9.20 Å². The summed E-state index contributed by atoms with van der Waals surface area (Å²) in [6, 6.07) is 1.07. The molecule has 1 aliphatic rings. The summed E-state index contributed by atoms with van der Waals surface area (Å²) < 4.78 is 40.4. The Morgan fingerprint density at radius 1 is 1.40 bits per heavy atom. The lowest BCUT2D eigenvalue weighted by Gasteiger charge is -2.10. The van der Waals surface area contributed by atoms with Crippen molar-refractivity contribution in [2.45, 2.75) is 24.9 Å². The van der Waals surface area contributed by atoms with Crippen LogP contribution in [0, 0.1) is 0 Å². The summed E-state index contributed by atoms with van der Waals surface area (Å²) in [5.41, 5.74) is -1.15. The Labute approximate surface area is 121 Å². The minimum absolute atomic E-state index is 0.106. The number of pyridine rings is 1. The lowest BCUT2D eigenvalue weighted by molar-refractivity contribution is -0.136. The third-order valence-electron chi connectivity index (χ3n) is 3.22. The predicted octanol–water partition coefficient (Wildman–Crippen LogP) is 4.26. The van der Waals surface area contributed by atoms with Crippen molar-refractivity contribution < 1.29 is 18.0 Å². The van der Waals surface area contributed by atoms with Gasteiger partial charge in [0.25, 0.3) is 5.24 Å². The average Bonchev–Trinajstić information content (AvgIpc) is 3.12. The number of nitrogens with zero attached hydrogens (tertiary/aromatic N) is 2. The molecule has 8 heteroatoms. The summed E-state index contributed by atoms with van der Waals surface area (Å²) in [5, 5.41) is -1.19. The molecular formula is C12H7Cl2F3N2O. The molecule has 0 aromatic carbocycles. The molecule has 0 aliphatic heterocycles. The van der Waals surface area contributed by atoms with Crippen LogP contribution in [0.3, 0.4) is 0 Å². The third kappa shape index (κ3) is 2.16. The van der Waals surface area contributed by atoms with Crippen molar-refractivity contribution in [3.8, 4) is 0 Å². The maximum atomic E-state index is 13.1. The summed E-state index contributed by atoms with van der Waals surface area (Å²) in [4.78, 5) is 14.8. The molecule has 0 bridgehead atoms. The molecule has 3 rings (SSSR count). The van der Waals surface area contributed by atoms with E-state index in [2.05, 4.69) is 4.98 Å². The van der Waals surface area contributed by atoms with E-state index in [-0.39, 0.29) is 16.8 Å². The SMILES string of the molecule is O=C(Cl)c1nc2c(C(F)(F)F)cc(C3CC3)cn2c1Cl. The molecule has 0 atom stereocenters. The minimum atomic E-state index is -4.58. The largest absolute Gasteiger partial charge is 0.419 e. The second kappa shape index (κ2) is 4.36. The normalized spacial score (nSPS) is 15.8. The smallest absolute Gasteiger partial charge is 0.289 e. The monoisotopic (exact) mass is 322 g/mol. The number of rotatable bonds is 2. The molecule has 0 radical (unpaired) electrons. The van der Waals surface area contributed by atoms with E-state index in [0.717, 1.165) is 23.3 Å². The number of carbonyl (C=O) groups is 1. The Balaban J connectivity index is 2.34. The molecule has 2 heterocycles. The average molecular weight is 323 g/mol. The van der Waals surface area contributed by atoms with Crippen LogP contribution in [0.5, 0.6) is 0 Å². The molecule has 2 aromatic heterocycles. The highest BCUT2D eigenvalue weighted by atomic mass is 35.5. The van der Waals surface area contributed by atoms with Gasteiger partial charge >= 0.3 is 6.18 Å². The van der Waals surface area contributed by atoms with Gasteiger partial charge in [-0.2, -0.15) is 13.2 Å². The number of fused-ring (bicyclic) bond motifs is 1. The molecule has 0 N–H and O–H groups in total. The highest BCUT2D eigenvalue weighted by Crippen LogP contribution is 2.43. The van der Waals surface area contributed by atoms with Crippen molar-refractivity contribution in [3.05, 3.63) is 34.2 Å². The van der Waals surface area contributed by atoms with Gasteiger partial charge < -0.3 is 0 Å². The number of imidazole rings is 1. The lowest BCUT2D eigenvalue weighted by atomic mass is 10.1. The second-order valence-corrected chi connectivity index (χ2v) is 5.38. The summed E-state index contributed by atoms with van der Waals surface area (Å²) >= 11 is 11.2. The van der Waals surface area contributed by atoms with Gasteiger partial charge in [0.15, 0.2) is 11.3 Å². The van der Waals surface area contributed by atoms with Gasteiger partial charge in [-0.1, -0.05) is 11.6 Å². The predicted molar refractivity (Wildman–Crippen MR) is 67.4 cm³/mol. The number of hydrogen-bond acceptors (Lipinski definition) is 2. The molecular weight excluding hydrogens is 316 g/mol. The third-order valence-corrected chi connectivity index (χ3v) is 3.76. The van der Waals surface area contributed by atoms with Gasteiger partial charge in [0.1, 0.15) is 5.15 Å². The zero-order chi connectivity index (χ0) is 14.7. The number of halogens is 5. The Morgan fingerprint density at radius 3 is 2.55 bits per heavy atom. The number of alkyl halides is 3. The Kier molecular flexibility index (Phi) is 2.99. The molecule has 20 heavy (non-hydrogen) atoms. The van der Waals surface area contributed by atoms with Crippen LogP contribution in [-0.4, -0.2) is 14.6 Å². The molecule has 106 valence electrons. The Bertz CT molecular complexity index is 720. The molecule has 0 unspecified atom stereocenters. The van der Waals surface area contributed by atoms with E-state index in [0.29, 0.717) is 5.56 Å². The molecule has 0 spiro atoms. The molecule has 2 aromatic rings. The fraction of sp³-hybridized carbons (Fsp3) is 0.333. The fourth-order valence-electron chi connectivity index (χ4n) is 2.11. The molecule has 1 fully saturated rings. The van der Waals surface area contributed by atoms with Gasteiger partial charge in [0.2, 0.25) is 0 Å². The summed E-state index contributed by atoms with van der Waals surface area (Å²) in [6.45, 7) is 0. The van der Waals surface area contributed by atoms with Gasteiger partial charge in [-0.05, 0) is 42.0 Å². The first kappa shape index (κ1) is 13.7. The van der Waals surface area contributed by atoms with E-state index in [9.17, 15) is 18.0 Å². The number of hydrogen-bond donors (Lipinski definition) is 0. The highest BCUT2D eigenvalue weighted by Gasteiger charge is 2.37. The van der Waals surface area contributed by atoms with Crippen LogP contribution in [-0.2, 0) is 6.18 Å². The number of aromatic nitrogens is 2. The Morgan fingerprint density at radius 2 is 2.05 bits per heavy atom. The van der Waals surface area contributed by atoms with E-state index in [1.807, 2.05) is 0 Å². The standard InChI is InChI=1S/C12H7Cl2F3N2O/c13-9-8(10(14)20)18-11-7(12(15,16)17)3-6(4-19(9)11)5-1-2-5/h3-5H,1-2H2. The molecule has 1 saturated carbocycles. The van der Waals surface area contributed by atoms with Crippen molar-refractivity contribution in [1.82, 2.24) is 9.38 Å². The topological polar surface area (TPSA) is 34.4 Å². The summed E-state index contributed by atoms with van der Waals surface area (Å²) in [5.74, 6) is 0.106. The van der Waals surface area contributed by atoms with E-state index in [1.54, 1.807) is 0 Å². The number of carbonyl (C=O) groups excluding carboxylic acids is 1. The van der Waals surface area contributed by atoms with E-state index in [4.69, 9.17) is 23.2 Å². The van der Waals surface area contributed by atoms with Crippen LogP contribution in [0.1, 0.15) is 40.4 Å². The molecule has 3 nitrogen and oxygen atoms in total. The zero-order valence-electron chi connectivity index (χ0n) is 9.84. The highest BCUT2D eigenvalue weighted by molar-refractivity contribution is 6.68. The van der Waals surface area contributed by atoms with Crippen LogP contribution < -0.4 is 0 Å². The first-order valence-electron chi connectivity index (χ1n) is 5.77. The Hall–Kier alpha value is -1.27. The first-order chi connectivity index (χ1) is 9.29. The lowest BCUT2D eigenvalue weighted by Crippen LogP contribution is -2.09. The van der Waals surface area contributed by atoms with Crippen molar-refractivity contribution in [1.29, 1.82) is 0 Å². The van der Waals surface area contributed by atoms with Crippen LogP contribution in [0.2, 0.25) is 5.15 Å². The first-order valence-corrected chi connectivity index (χ1v) is 6.53. The van der Waals surface area contributed by atoms with Crippen LogP contribution >= 0.6 is 23.2 Å². The second-order valence-electron chi connectivity index (χ2n) is 4.68.